The Bertz CT molecular complexity index is 582. The van der Waals surface area contributed by atoms with Gasteiger partial charge in [0.25, 0.3) is 5.95 Å². The van der Waals surface area contributed by atoms with Crippen molar-refractivity contribution < 1.29 is 13.2 Å². The molecule has 0 unspecified atom stereocenters. The summed E-state index contributed by atoms with van der Waals surface area (Å²) >= 11 is 0. The quantitative estimate of drug-likeness (QED) is 0.877. The molecule has 2 aromatic heterocycles. The van der Waals surface area contributed by atoms with Crippen molar-refractivity contribution in [2.24, 2.45) is 0 Å². The Morgan fingerprint density at radius 1 is 1.29 bits per heavy atom. The van der Waals surface area contributed by atoms with E-state index in [4.69, 9.17) is 0 Å². The Morgan fingerprint density at radius 3 is 2.62 bits per heavy atom. The molecule has 0 aliphatic rings. The number of hydrogen-bond acceptors (Lipinski definition) is 7. The molecule has 2 heterocycles. The van der Waals surface area contributed by atoms with E-state index in [2.05, 4.69) is 30.4 Å². The smallest absolute Gasteiger partial charge is 0.357 e. The van der Waals surface area contributed by atoms with E-state index < -0.39 is 12.6 Å². The van der Waals surface area contributed by atoms with Gasteiger partial charge in [0.1, 0.15) is 12.7 Å². The van der Waals surface area contributed by atoms with Crippen LogP contribution in [0, 0.1) is 0 Å². The molecular formula is C10H13F3N8. The summed E-state index contributed by atoms with van der Waals surface area (Å²) < 4.78 is 38.1. The third kappa shape index (κ3) is 4.00. The molecule has 2 aromatic rings. The van der Waals surface area contributed by atoms with Gasteiger partial charge in [-0.25, -0.2) is 4.98 Å². The lowest BCUT2D eigenvalue weighted by Gasteiger charge is -2.18. The molecule has 0 aliphatic carbocycles. The first-order valence-electron chi connectivity index (χ1n) is 5.96. The Labute approximate surface area is 118 Å². The van der Waals surface area contributed by atoms with Crippen molar-refractivity contribution in [2.75, 3.05) is 30.9 Å². The molecule has 1 N–H and O–H groups in total. The number of alkyl halides is 3. The molecule has 21 heavy (non-hydrogen) atoms. The molecule has 0 saturated heterocycles. The molecule has 0 bridgehead atoms. The number of aromatic nitrogens is 6. The molecular weight excluding hydrogens is 289 g/mol. The highest BCUT2D eigenvalue weighted by Gasteiger charge is 2.27. The van der Waals surface area contributed by atoms with Crippen molar-refractivity contribution >= 4 is 11.9 Å². The van der Waals surface area contributed by atoms with Gasteiger partial charge in [0.05, 0.1) is 6.42 Å². The number of anilines is 2. The van der Waals surface area contributed by atoms with Crippen LogP contribution in [0.1, 0.15) is 6.42 Å². The first kappa shape index (κ1) is 14.9. The average Bonchev–Trinajstić information content (AvgIpc) is 2.97. The van der Waals surface area contributed by atoms with Gasteiger partial charge in [0.2, 0.25) is 11.9 Å². The number of hydrogen-bond donors (Lipinski definition) is 1. The lowest BCUT2D eigenvalue weighted by Crippen LogP contribution is -2.26. The van der Waals surface area contributed by atoms with E-state index in [1.807, 2.05) is 0 Å². The molecule has 0 spiro atoms. The second-order valence-corrected chi connectivity index (χ2v) is 4.14. The van der Waals surface area contributed by atoms with Crippen molar-refractivity contribution in [3.63, 3.8) is 0 Å². The monoisotopic (exact) mass is 302 g/mol. The maximum Gasteiger partial charge on any atom is 0.390 e. The zero-order chi connectivity index (χ0) is 15.5. The summed E-state index contributed by atoms with van der Waals surface area (Å²) in [5.41, 5.74) is 0. The summed E-state index contributed by atoms with van der Waals surface area (Å²) in [6.45, 7) is -0.256. The first-order chi connectivity index (χ1) is 9.89. The van der Waals surface area contributed by atoms with Gasteiger partial charge >= 0.3 is 6.18 Å². The lowest BCUT2D eigenvalue weighted by atomic mass is 10.4. The van der Waals surface area contributed by atoms with Crippen LogP contribution in [0.25, 0.3) is 5.95 Å². The summed E-state index contributed by atoms with van der Waals surface area (Å²) in [6.07, 6.45) is -2.51. The SMILES string of the molecule is CNc1nc(N(C)CCC(F)(F)F)nc(-n2cncn2)n1. The highest BCUT2D eigenvalue weighted by Crippen LogP contribution is 2.21. The predicted octanol–water partition coefficient (Wildman–Crippen LogP) is 0.883. The second-order valence-electron chi connectivity index (χ2n) is 4.14. The van der Waals surface area contributed by atoms with E-state index >= 15 is 0 Å². The molecule has 114 valence electrons. The highest BCUT2D eigenvalue weighted by atomic mass is 19.4. The van der Waals surface area contributed by atoms with Gasteiger partial charge in [-0.15, -0.1) is 0 Å². The maximum atomic E-state index is 12.3. The van der Waals surface area contributed by atoms with E-state index in [0.29, 0.717) is 0 Å². The normalized spacial score (nSPS) is 11.5. The van der Waals surface area contributed by atoms with Crippen molar-refractivity contribution in [1.82, 2.24) is 29.7 Å². The minimum Gasteiger partial charge on any atom is -0.357 e. The van der Waals surface area contributed by atoms with Gasteiger partial charge in [-0.2, -0.15) is 37.9 Å². The van der Waals surface area contributed by atoms with Gasteiger partial charge in [-0.3, -0.25) is 0 Å². The molecule has 0 amide bonds. The Morgan fingerprint density at radius 2 is 2.05 bits per heavy atom. The zero-order valence-corrected chi connectivity index (χ0v) is 11.3. The van der Waals surface area contributed by atoms with Crippen LogP contribution in [0.2, 0.25) is 0 Å². The number of nitrogens with one attached hydrogen (secondary N) is 1. The third-order valence-electron chi connectivity index (χ3n) is 2.53. The molecule has 0 fully saturated rings. The molecule has 2 rings (SSSR count). The minimum absolute atomic E-state index is 0.115. The van der Waals surface area contributed by atoms with Crippen LogP contribution in [-0.2, 0) is 0 Å². The highest BCUT2D eigenvalue weighted by molar-refractivity contribution is 5.38. The largest absolute Gasteiger partial charge is 0.390 e. The van der Waals surface area contributed by atoms with E-state index in [1.165, 1.54) is 29.3 Å². The summed E-state index contributed by atoms with van der Waals surface area (Å²) in [4.78, 5) is 17.2. The second kappa shape index (κ2) is 5.89. The van der Waals surface area contributed by atoms with Crippen molar-refractivity contribution in [3.05, 3.63) is 12.7 Å². The van der Waals surface area contributed by atoms with Gasteiger partial charge in [0, 0.05) is 20.6 Å². The van der Waals surface area contributed by atoms with Crippen LogP contribution in [-0.4, -0.2) is 56.5 Å². The summed E-state index contributed by atoms with van der Waals surface area (Å²) in [5, 5.41) is 6.60. The predicted molar refractivity (Wildman–Crippen MR) is 68.2 cm³/mol. The maximum absolute atomic E-state index is 12.3. The Kier molecular flexibility index (Phi) is 4.19. The van der Waals surface area contributed by atoms with E-state index in [-0.39, 0.29) is 24.4 Å². The van der Waals surface area contributed by atoms with Crippen LogP contribution in [0.5, 0.6) is 0 Å². The van der Waals surface area contributed by atoms with Crippen molar-refractivity contribution in [1.29, 1.82) is 0 Å². The molecule has 0 saturated carbocycles. The van der Waals surface area contributed by atoms with Crippen LogP contribution in [0.3, 0.4) is 0 Å². The zero-order valence-electron chi connectivity index (χ0n) is 11.3. The van der Waals surface area contributed by atoms with E-state index in [0.717, 1.165) is 0 Å². The van der Waals surface area contributed by atoms with Crippen molar-refractivity contribution in [2.45, 2.75) is 12.6 Å². The first-order valence-corrected chi connectivity index (χ1v) is 5.96. The fourth-order valence-electron chi connectivity index (χ4n) is 1.44. The number of halogens is 3. The molecule has 0 aliphatic heterocycles. The average molecular weight is 302 g/mol. The molecule has 11 heteroatoms. The molecule has 0 radical (unpaired) electrons. The van der Waals surface area contributed by atoms with Crippen LogP contribution < -0.4 is 10.2 Å². The van der Waals surface area contributed by atoms with E-state index in [9.17, 15) is 13.2 Å². The number of rotatable bonds is 5. The topological polar surface area (TPSA) is 84.7 Å². The molecule has 0 atom stereocenters. The van der Waals surface area contributed by atoms with Crippen molar-refractivity contribution in [3.8, 4) is 5.95 Å². The Balaban J connectivity index is 2.24. The summed E-state index contributed by atoms with van der Waals surface area (Å²) in [7, 11) is 3.07. The summed E-state index contributed by atoms with van der Waals surface area (Å²) in [6, 6.07) is 0. The summed E-state index contributed by atoms with van der Waals surface area (Å²) in [5.74, 6) is 0.508. The van der Waals surface area contributed by atoms with E-state index in [1.54, 1.807) is 7.05 Å². The van der Waals surface area contributed by atoms with Crippen LogP contribution in [0.4, 0.5) is 25.1 Å². The molecule has 8 nitrogen and oxygen atoms in total. The molecule has 0 aromatic carbocycles. The fraction of sp³-hybridized carbons (Fsp3) is 0.500. The van der Waals surface area contributed by atoms with Crippen LogP contribution in [0.15, 0.2) is 12.7 Å². The van der Waals surface area contributed by atoms with Gasteiger partial charge in [-0.1, -0.05) is 0 Å². The fourth-order valence-corrected chi connectivity index (χ4v) is 1.44. The third-order valence-corrected chi connectivity index (χ3v) is 2.53. The van der Waals surface area contributed by atoms with Gasteiger partial charge in [0.15, 0.2) is 0 Å². The lowest BCUT2D eigenvalue weighted by molar-refractivity contribution is -0.132. The minimum atomic E-state index is -4.23. The van der Waals surface area contributed by atoms with Gasteiger partial charge < -0.3 is 10.2 Å². The van der Waals surface area contributed by atoms with Gasteiger partial charge in [-0.05, 0) is 0 Å². The number of nitrogens with zero attached hydrogens (tertiary/aromatic N) is 7. The Hall–Kier alpha value is -2.46. The van der Waals surface area contributed by atoms with Crippen LogP contribution >= 0.6 is 0 Å². The standard InChI is InChI=1S/C10H13F3N8/c1-14-7-17-8(20(2)4-3-10(11,12)13)19-9(18-7)21-6-15-5-16-21/h5-6H,3-4H2,1-2H3,(H,14,17,18,19).